The summed E-state index contributed by atoms with van der Waals surface area (Å²) in [6, 6.07) is 2.19. The Balaban J connectivity index is 0.000000561. The highest BCUT2D eigenvalue weighted by atomic mass is 14.6. The zero-order chi connectivity index (χ0) is 9.40. The number of hydrogen-bond acceptors (Lipinski definition) is 1. The van der Waals surface area contributed by atoms with Gasteiger partial charge in [-0.05, 0) is 24.5 Å². The minimum Gasteiger partial charge on any atom is -0.264 e. The van der Waals surface area contributed by atoms with Crippen LogP contribution in [-0.4, -0.2) is 4.98 Å². The molecule has 0 bridgehead atoms. The van der Waals surface area contributed by atoms with Gasteiger partial charge in [-0.25, -0.2) is 0 Å². The lowest BCUT2D eigenvalue weighted by Crippen LogP contribution is -1.85. The fourth-order valence-electron chi connectivity index (χ4n) is 1.04. The van der Waals surface area contributed by atoms with E-state index in [-0.39, 0.29) is 0 Å². The summed E-state index contributed by atoms with van der Waals surface area (Å²) in [6.45, 7) is 8.26. The molecule has 0 aliphatic carbocycles. The van der Waals surface area contributed by atoms with Crippen molar-refractivity contribution in [1.29, 1.82) is 0 Å². The molecule has 1 heterocycles. The SMILES string of the molecule is CC.CCCc1cncc(C)c1. The van der Waals surface area contributed by atoms with E-state index in [9.17, 15) is 0 Å². The predicted molar refractivity (Wildman–Crippen MR) is 54.3 cm³/mol. The monoisotopic (exact) mass is 165 g/mol. The van der Waals surface area contributed by atoms with Crippen molar-refractivity contribution in [3.8, 4) is 0 Å². The first-order valence-corrected chi connectivity index (χ1v) is 4.73. The summed E-state index contributed by atoms with van der Waals surface area (Å²) < 4.78 is 0. The highest BCUT2D eigenvalue weighted by molar-refractivity contribution is 5.16. The average Bonchev–Trinajstić information content (AvgIpc) is 2.09. The maximum atomic E-state index is 4.10. The Hall–Kier alpha value is -0.850. The van der Waals surface area contributed by atoms with E-state index in [2.05, 4.69) is 24.9 Å². The summed E-state index contributed by atoms with van der Waals surface area (Å²) in [4.78, 5) is 4.10. The fourth-order valence-corrected chi connectivity index (χ4v) is 1.04. The van der Waals surface area contributed by atoms with Gasteiger partial charge in [0.1, 0.15) is 0 Å². The minimum atomic E-state index is 1.15. The van der Waals surface area contributed by atoms with Crippen molar-refractivity contribution in [2.75, 3.05) is 0 Å². The first kappa shape index (κ1) is 11.2. The molecule has 0 aliphatic rings. The Morgan fingerprint density at radius 2 is 1.92 bits per heavy atom. The highest BCUT2D eigenvalue weighted by Crippen LogP contribution is 2.03. The number of aryl methyl sites for hydroxylation is 2. The van der Waals surface area contributed by atoms with E-state index in [1.54, 1.807) is 0 Å². The van der Waals surface area contributed by atoms with Crippen LogP contribution in [0.1, 0.15) is 38.3 Å². The van der Waals surface area contributed by atoms with Gasteiger partial charge < -0.3 is 0 Å². The van der Waals surface area contributed by atoms with Crippen molar-refractivity contribution in [3.63, 3.8) is 0 Å². The lowest BCUT2D eigenvalue weighted by Gasteiger charge is -1.97. The summed E-state index contributed by atoms with van der Waals surface area (Å²) in [5.74, 6) is 0. The van der Waals surface area contributed by atoms with Crippen molar-refractivity contribution in [2.45, 2.75) is 40.5 Å². The van der Waals surface area contributed by atoms with Gasteiger partial charge in [0.05, 0.1) is 0 Å². The fraction of sp³-hybridized carbons (Fsp3) is 0.545. The Kier molecular flexibility index (Phi) is 6.35. The van der Waals surface area contributed by atoms with Crippen molar-refractivity contribution < 1.29 is 0 Å². The maximum absolute atomic E-state index is 4.10. The van der Waals surface area contributed by atoms with Crippen molar-refractivity contribution in [2.24, 2.45) is 0 Å². The van der Waals surface area contributed by atoms with E-state index >= 15 is 0 Å². The molecular weight excluding hydrogens is 146 g/mol. The topological polar surface area (TPSA) is 12.9 Å². The van der Waals surface area contributed by atoms with Crippen LogP contribution in [0, 0.1) is 6.92 Å². The van der Waals surface area contributed by atoms with Gasteiger partial charge in [-0.2, -0.15) is 0 Å². The zero-order valence-electron chi connectivity index (χ0n) is 8.59. The Bertz CT molecular complexity index is 206. The molecule has 0 aromatic carbocycles. The van der Waals surface area contributed by atoms with Gasteiger partial charge in [-0.15, -0.1) is 0 Å². The van der Waals surface area contributed by atoms with Crippen LogP contribution in [0.25, 0.3) is 0 Å². The summed E-state index contributed by atoms with van der Waals surface area (Å²) in [6.07, 6.45) is 6.18. The van der Waals surface area contributed by atoms with E-state index in [0.29, 0.717) is 0 Å². The third-order valence-corrected chi connectivity index (χ3v) is 1.47. The van der Waals surface area contributed by atoms with Crippen molar-refractivity contribution in [1.82, 2.24) is 4.98 Å². The van der Waals surface area contributed by atoms with Gasteiger partial charge in [0, 0.05) is 12.4 Å². The molecule has 0 saturated carbocycles. The van der Waals surface area contributed by atoms with Crippen LogP contribution in [0.2, 0.25) is 0 Å². The smallest absolute Gasteiger partial charge is 0.0300 e. The average molecular weight is 165 g/mol. The van der Waals surface area contributed by atoms with Gasteiger partial charge in [0.15, 0.2) is 0 Å². The summed E-state index contributed by atoms with van der Waals surface area (Å²) in [5, 5.41) is 0. The molecule has 0 N–H and O–H groups in total. The lowest BCUT2D eigenvalue weighted by molar-refractivity contribution is 0.911. The van der Waals surface area contributed by atoms with Crippen LogP contribution >= 0.6 is 0 Å². The molecule has 0 amide bonds. The summed E-state index contributed by atoms with van der Waals surface area (Å²) in [7, 11) is 0. The molecule has 0 radical (unpaired) electrons. The molecule has 68 valence electrons. The molecule has 1 nitrogen and oxygen atoms in total. The Labute approximate surface area is 75.8 Å². The van der Waals surface area contributed by atoms with Gasteiger partial charge in [-0.1, -0.05) is 33.3 Å². The van der Waals surface area contributed by atoms with E-state index in [1.807, 2.05) is 26.2 Å². The van der Waals surface area contributed by atoms with Crippen LogP contribution in [0.3, 0.4) is 0 Å². The predicted octanol–water partition coefficient (Wildman–Crippen LogP) is 3.37. The summed E-state index contributed by atoms with van der Waals surface area (Å²) >= 11 is 0. The quantitative estimate of drug-likeness (QED) is 0.654. The second kappa shape index (κ2) is 6.84. The largest absolute Gasteiger partial charge is 0.264 e. The molecule has 0 saturated heterocycles. The van der Waals surface area contributed by atoms with E-state index < -0.39 is 0 Å². The highest BCUT2D eigenvalue weighted by Gasteiger charge is 1.90. The molecule has 1 heteroatoms. The third-order valence-electron chi connectivity index (χ3n) is 1.47. The third kappa shape index (κ3) is 4.12. The molecule has 0 atom stereocenters. The van der Waals surface area contributed by atoms with Crippen LogP contribution in [0.5, 0.6) is 0 Å². The van der Waals surface area contributed by atoms with E-state index in [1.165, 1.54) is 17.5 Å². The zero-order valence-corrected chi connectivity index (χ0v) is 8.59. The van der Waals surface area contributed by atoms with Gasteiger partial charge >= 0.3 is 0 Å². The second-order valence-corrected chi connectivity index (χ2v) is 2.62. The van der Waals surface area contributed by atoms with Crippen LogP contribution in [0.4, 0.5) is 0 Å². The number of pyridine rings is 1. The Morgan fingerprint density at radius 1 is 1.25 bits per heavy atom. The molecule has 1 rings (SSSR count). The maximum Gasteiger partial charge on any atom is 0.0300 e. The van der Waals surface area contributed by atoms with Crippen LogP contribution in [-0.2, 0) is 6.42 Å². The molecule has 0 spiro atoms. The number of nitrogens with zero attached hydrogens (tertiary/aromatic N) is 1. The van der Waals surface area contributed by atoms with Gasteiger partial charge in [-0.3, -0.25) is 4.98 Å². The molecule has 1 aromatic rings. The first-order chi connectivity index (χ1) is 5.83. The van der Waals surface area contributed by atoms with Crippen LogP contribution < -0.4 is 0 Å². The number of hydrogen-bond donors (Lipinski definition) is 0. The second-order valence-electron chi connectivity index (χ2n) is 2.62. The molecule has 12 heavy (non-hydrogen) atoms. The molecule has 0 unspecified atom stereocenters. The van der Waals surface area contributed by atoms with Crippen LogP contribution in [0.15, 0.2) is 18.5 Å². The minimum absolute atomic E-state index is 1.15. The number of aromatic nitrogens is 1. The van der Waals surface area contributed by atoms with E-state index in [4.69, 9.17) is 0 Å². The molecule has 1 aromatic heterocycles. The van der Waals surface area contributed by atoms with Gasteiger partial charge in [0.2, 0.25) is 0 Å². The standard InChI is InChI=1S/C9H13N.C2H6/c1-3-4-9-5-8(2)6-10-7-9;1-2/h5-7H,3-4H2,1-2H3;1-2H3. The summed E-state index contributed by atoms with van der Waals surface area (Å²) in [5.41, 5.74) is 2.61. The first-order valence-electron chi connectivity index (χ1n) is 4.73. The molecule has 0 aliphatic heterocycles. The lowest BCUT2D eigenvalue weighted by atomic mass is 10.1. The number of rotatable bonds is 2. The molecular formula is C11H19N. The Morgan fingerprint density at radius 3 is 2.42 bits per heavy atom. The molecule has 0 fully saturated rings. The van der Waals surface area contributed by atoms with Crippen molar-refractivity contribution >= 4 is 0 Å². The van der Waals surface area contributed by atoms with Crippen molar-refractivity contribution in [3.05, 3.63) is 29.6 Å². The van der Waals surface area contributed by atoms with E-state index in [0.717, 1.165) is 6.42 Å². The normalized spacial score (nSPS) is 8.67. The van der Waals surface area contributed by atoms with Gasteiger partial charge in [0.25, 0.3) is 0 Å².